The zero-order valence-electron chi connectivity index (χ0n) is 9.46. The number of hydrogen-bond acceptors (Lipinski definition) is 3. The number of hydrogen-bond donors (Lipinski definition) is 1. The minimum absolute atomic E-state index is 0.0734. The Labute approximate surface area is 121 Å². The highest BCUT2D eigenvalue weighted by Crippen LogP contribution is 2.66. The van der Waals surface area contributed by atoms with Gasteiger partial charge in [-0.25, -0.2) is 5.43 Å². The van der Waals surface area contributed by atoms with Crippen LogP contribution in [0.2, 0.25) is 0 Å². The van der Waals surface area contributed by atoms with Crippen molar-refractivity contribution >= 4 is 55.3 Å². The quantitative estimate of drug-likeness (QED) is 0.488. The van der Waals surface area contributed by atoms with Gasteiger partial charge in [-0.2, -0.15) is 5.10 Å². The van der Waals surface area contributed by atoms with Crippen molar-refractivity contribution in [2.75, 3.05) is 0 Å². The lowest BCUT2D eigenvalue weighted by Gasteiger charge is -2.09. The lowest BCUT2D eigenvalue weighted by molar-refractivity contribution is -0.125. The van der Waals surface area contributed by atoms with Gasteiger partial charge in [-0.3, -0.25) is 4.79 Å². The van der Waals surface area contributed by atoms with Gasteiger partial charge in [0.25, 0.3) is 0 Å². The molecule has 6 heteroatoms. The number of carbonyl (C=O) groups is 1. The van der Waals surface area contributed by atoms with Gasteiger partial charge in [-0.05, 0) is 32.4 Å². The summed E-state index contributed by atoms with van der Waals surface area (Å²) in [5.41, 5.74) is 2.15. The zero-order valence-corrected chi connectivity index (χ0v) is 13.4. The highest BCUT2D eigenvalue weighted by atomic mass is 79.9. The van der Waals surface area contributed by atoms with E-state index in [0.29, 0.717) is 0 Å². The van der Waals surface area contributed by atoms with Crippen LogP contribution in [0.3, 0.4) is 0 Å². The molecule has 1 saturated carbocycles. The SMILES string of the molecule is Cc1ccc(/C=N/NC(=O)C2(C)CC2(Br)Br)s1. The van der Waals surface area contributed by atoms with Crippen LogP contribution in [-0.2, 0) is 4.79 Å². The predicted octanol–water partition coefficient (Wildman–Crippen LogP) is 3.40. The van der Waals surface area contributed by atoms with E-state index in [-0.39, 0.29) is 9.14 Å². The molecule has 1 unspecified atom stereocenters. The smallest absolute Gasteiger partial charge is 0.248 e. The maximum atomic E-state index is 11.9. The lowest BCUT2D eigenvalue weighted by atomic mass is 10.1. The minimum atomic E-state index is -0.421. The molecule has 3 nitrogen and oxygen atoms in total. The molecule has 92 valence electrons. The number of nitrogens with zero attached hydrogens (tertiary/aromatic N) is 1. The minimum Gasteiger partial charge on any atom is -0.272 e. The standard InChI is InChI=1S/C11H12Br2N2OS/c1-7-3-4-8(17-7)5-14-15-9(16)10(2)6-11(10,12)13/h3-5H,6H2,1-2H3,(H,15,16)/b14-5+. The molecule has 1 aromatic heterocycles. The molecule has 1 N–H and O–H groups in total. The fourth-order valence-corrected chi connectivity index (χ4v) is 3.68. The van der Waals surface area contributed by atoms with E-state index in [9.17, 15) is 4.79 Å². The van der Waals surface area contributed by atoms with Gasteiger partial charge in [0.05, 0.1) is 14.9 Å². The first kappa shape index (κ1) is 13.2. The number of thiophene rings is 1. The maximum absolute atomic E-state index is 11.9. The number of halogens is 2. The van der Waals surface area contributed by atoms with Gasteiger partial charge in [-0.1, -0.05) is 31.9 Å². The van der Waals surface area contributed by atoms with Gasteiger partial charge in [0, 0.05) is 9.75 Å². The Morgan fingerprint density at radius 1 is 1.59 bits per heavy atom. The highest BCUT2D eigenvalue weighted by Gasteiger charge is 2.66. The molecule has 1 aliphatic rings. The van der Waals surface area contributed by atoms with Crippen molar-refractivity contribution in [3.8, 4) is 0 Å². The van der Waals surface area contributed by atoms with Crippen molar-refractivity contribution < 1.29 is 4.79 Å². The van der Waals surface area contributed by atoms with Crippen LogP contribution in [0.5, 0.6) is 0 Å². The molecule has 1 heterocycles. The van der Waals surface area contributed by atoms with Crippen LogP contribution in [-0.4, -0.2) is 15.4 Å². The van der Waals surface area contributed by atoms with Crippen molar-refractivity contribution in [2.24, 2.45) is 10.5 Å². The Hall–Kier alpha value is -0.200. The molecule has 0 aliphatic heterocycles. The predicted molar refractivity (Wildman–Crippen MR) is 78.1 cm³/mol. The Morgan fingerprint density at radius 3 is 2.71 bits per heavy atom. The topological polar surface area (TPSA) is 41.5 Å². The van der Waals surface area contributed by atoms with Crippen molar-refractivity contribution in [3.05, 3.63) is 21.9 Å². The Morgan fingerprint density at radius 2 is 2.24 bits per heavy atom. The summed E-state index contributed by atoms with van der Waals surface area (Å²) in [6.07, 6.45) is 2.44. The number of hydrazone groups is 1. The van der Waals surface area contributed by atoms with Gasteiger partial charge in [0.15, 0.2) is 0 Å². The number of rotatable bonds is 3. The molecule has 1 fully saturated rings. The number of nitrogens with one attached hydrogen (secondary N) is 1. The van der Waals surface area contributed by atoms with Crippen LogP contribution in [0.4, 0.5) is 0 Å². The Bertz CT molecular complexity index is 484. The van der Waals surface area contributed by atoms with Gasteiger partial charge >= 0.3 is 0 Å². The highest BCUT2D eigenvalue weighted by molar-refractivity contribution is 9.25. The molecular weight excluding hydrogens is 368 g/mol. The fraction of sp³-hybridized carbons (Fsp3) is 0.455. The largest absolute Gasteiger partial charge is 0.272 e. The summed E-state index contributed by atoms with van der Waals surface area (Å²) < 4.78 is -0.272. The van der Waals surface area contributed by atoms with Gasteiger partial charge in [0.1, 0.15) is 0 Å². The third-order valence-electron chi connectivity index (χ3n) is 2.88. The second-order valence-electron chi connectivity index (χ2n) is 4.36. The average molecular weight is 380 g/mol. The molecule has 1 aliphatic carbocycles. The summed E-state index contributed by atoms with van der Waals surface area (Å²) >= 11 is 8.55. The first-order valence-corrected chi connectivity index (χ1v) is 7.53. The summed E-state index contributed by atoms with van der Waals surface area (Å²) in [5, 5.41) is 3.97. The monoisotopic (exact) mass is 378 g/mol. The van der Waals surface area contributed by atoms with Crippen LogP contribution >= 0.6 is 43.2 Å². The van der Waals surface area contributed by atoms with Crippen LogP contribution in [0.25, 0.3) is 0 Å². The van der Waals surface area contributed by atoms with E-state index >= 15 is 0 Å². The van der Waals surface area contributed by atoms with E-state index in [4.69, 9.17) is 0 Å². The molecular formula is C11H12Br2N2OS. The molecule has 0 spiro atoms. The van der Waals surface area contributed by atoms with E-state index in [1.165, 1.54) is 4.88 Å². The lowest BCUT2D eigenvalue weighted by Crippen LogP contribution is -2.29. The van der Waals surface area contributed by atoms with E-state index in [0.717, 1.165) is 11.3 Å². The number of alkyl halides is 2. The summed E-state index contributed by atoms with van der Waals surface area (Å²) in [6.45, 7) is 3.94. The number of aryl methyl sites for hydroxylation is 1. The van der Waals surface area contributed by atoms with E-state index in [1.807, 2.05) is 26.0 Å². The summed E-state index contributed by atoms with van der Waals surface area (Å²) in [7, 11) is 0. The van der Waals surface area contributed by atoms with Crippen molar-refractivity contribution in [1.82, 2.24) is 5.43 Å². The third-order valence-corrected chi connectivity index (χ3v) is 6.12. The second kappa shape index (κ2) is 4.48. The summed E-state index contributed by atoms with van der Waals surface area (Å²) in [4.78, 5) is 14.1. The van der Waals surface area contributed by atoms with Gasteiger partial charge < -0.3 is 0 Å². The summed E-state index contributed by atoms with van der Waals surface area (Å²) in [5.74, 6) is -0.0734. The fourth-order valence-electron chi connectivity index (χ4n) is 1.45. The first-order valence-electron chi connectivity index (χ1n) is 5.13. The van der Waals surface area contributed by atoms with Crippen molar-refractivity contribution in [1.29, 1.82) is 0 Å². The molecule has 1 amide bonds. The second-order valence-corrected chi connectivity index (χ2v) is 9.45. The Balaban J connectivity index is 1.91. The normalized spacial score (nSPS) is 26.1. The maximum Gasteiger partial charge on any atom is 0.248 e. The number of amides is 1. The van der Waals surface area contributed by atoms with Gasteiger partial charge in [0.2, 0.25) is 5.91 Å². The van der Waals surface area contributed by atoms with Crippen LogP contribution in [0, 0.1) is 12.3 Å². The zero-order chi connectivity index (χ0) is 12.7. The molecule has 1 aromatic rings. The van der Waals surface area contributed by atoms with Gasteiger partial charge in [-0.15, -0.1) is 11.3 Å². The molecule has 17 heavy (non-hydrogen) atoms. The average Bonchev–Trinajstić information content (AvgIpc) is 2.58. The van der Waals surface area contributed by atoms with E-state index in [1.54, 1.807) is 17.6 Å². The first-order chi connectivity index (χ1) is 7.85. The molecule has 2 rings (SSSR count). The molecule has 0 aromatic carbocycles. The van der Waals surface area contributed by atoms with E-state index < -0.39 is 5.41 Å². The molecule has 0 radical (unpaired) electrons. The van der Waals surface area contributed by atoms with Crippen LogP contribution in [0.1, 0.15) is 23.1 Å². The van der Waals surface area contributed by atoms with Crippen LogP contribution < -0.4 is 5.43 Å². The van der Waals surface area contributed by atoms with Crippen LogP contribution in [0.15, 0.2) is 17.2 Å². The molecule has 0 bridgehead atoms. The number of carbonyl (C=O) groups excluding carboxylic acids is 1. The summed E-state index contributed by atoms with van der Waals surface area (Å²) in [6, 6.07) is 4.01. The third kappa shape index (κ3) is 2.63. The Kier molecular flexibility index (Phi) is 3.49. The van der Waals surface area contributed by atoms with Crippen molar-refractivity contribution in [2.45, 2.75) is 23.5 Å². The van der Waals surface area contributed by atoms with E-state index in [2.05, 4.69) is 42.4 Å². The molecule has 1 atom stereocenters. The van der Waals surface area contributed by atoms with Crippen molar-refractivity contribution in [3.63, 3.8) is 0 Å². The molecule has 0 saturated heterocycles.